The highest BCUT2D eigenvalue weighted by atomic mass is 32.2. The van der Waals surface area contributed by atoms with Crippen molar-refractivity contribution in [2.45, 2.75) is 38.5 Å². The summed E-state index contributed by atoms with van der Waals surface area (Å²) in [7, 11) is -3.33. The first-order valence-electron chi connectivity index (χ1n) is 7.68. The minimum absolute atomic E-state index is 0.0684. The van der Waals surface area contributed by atoms with E-state index in [-0.39, 0.29) is 10.8 Å². The van der Waals surface area contributed by atoms with E-state index in [9.17, 15) is 8.42 Å². The molecule has 116 valence electrons. The number of benzene rings is 1. The molecule has 0 aromatic heterocycles. The summed E-state index contributed by atoms with van der Waals surface area (Å²) in [5, 5.41) is 0. The standard InChI is InChI=1S/C16H24N2O2S/c1-15(2)12-16(15,14-8-4-3-5-9-14)13-17-21(19,20)18-10-6-7-11-18/h3-5,8-9,17H,6-7,10-13H2,1-2H3/t16-/m0/s1. The van der Waals surface area contributed by atoms with Crippen molar-refractivity contribution in [2.24, 2.45) is 5.41 Å². The monoisotopic (exact) mass is 308 g/mol. The molecular weight excluding hydrogens is 284 g/mol. The highest BCUT2D eigenvalue weighted by Crippen LogP contribution is 2.63. The fraction of sp³-hybridized carbons (Fsp3) is 0.625. The molecule has 0 radical (unpaired) electrons. The summed E-state index contributed by atoms with van der Waals surface area (Å²) >= 11 is 0. The van der Waals surface area contributed by atoms with E-state index in [1.54, 1.807) is 4.31 Å². The summed E-state index contributed by atoms with van der Waals surface area (Å²) < 4.78 is 29.2. The fourth-order valence-electron chi connectivity index (χ4n) is 3.60. The van der Waals surface area contributed by atoms with Gasteiger partial charge < -0.3 is 0 Å². The van der Waals surface area contributed by atoms with E-state index in [2.05, 4.69) is 30.7 Å². The molecule has 1 aliphatic carbocycles. The van der Waals surface area contributed by atoms with Gasteiger partial charge in [0.2, 0.25) is 0 Å². The SMILES string of the molecule is CC1(C)C[C@]1(CNS(=O)(=O)N1CCCC1)c1ccccc1. The van der Waals surface area contributed by atoms with Crippen LogP contribution in [0.4, 0.5) is 0 Å². The predicted molar refractivity (Wildman–Crippen MR) is 84.2 cm³/mol. The molecule has 1 saturated carbocycles. The van der Waals surface area contributed by atoms with Gasteiger partial charge in [-0.05, 0) is 30.2 Å². The number of hydrogen-bond donors (Lipinski definition) is 1. The molecule has 2 fully saturated rings. The van der Waals surface area contributed by atoms with Gasteiger partial charge >= 0.3 is 0 Å². The zero-order chi connectivity index (χ0) is 15.1. The highest BCUT2D eigenvalue weighted by Gasteiger charge is 2.61. The molecular formula is C16H24N2O2S. The van der Waals surface area contributed by atoms with Crippen LogP contribution in [0.5, 0.6) is 0 Å². The number of nitrogens with zero attached hydrogens (tertiary/aromatic N) is 1. The third kappa shape index (κ3) is 2.62. The lowest BCUT2D eigenvalue weighted by atomic mass is 9.88. The maximum Gasteiger partial charge on any atom is 0.279 e. The number of rotatable bonds is 5. The zero-order valence-electron chi connectivity index (χ0n) is 12.8. The Morgan fingerprint density at radius 3 is 2.24 bits per heavy atom. The Morgan fingerprint density at radius 1 is 1.14 bits per heavy atom. The van der Waals surface area contributed by atoms with E-state index in [1.165, 1.54) is 5.56 Å². The van der Waals surface area contributed by atoms with Gasteiger partial charge in [-0.2, -0.15) is 12.7 Å². The third-order valence-corrected chi connectivity index (χ3v) is 6.76. The van der Waals surface area contributed by atoms with E-state index in [0.717, 1.165) is 19.3 Å². The van der Waals surface area contributed by atoms with Crippen molar-refractivity contribution in [1.29, 1.82) is 0 Å². The molecule has 0 unspecified atom stereocenters. The van der Waals surface area contributed by atoms with Gasteiger partial charge in [-0.3, -0.25) is 0 Å². The maximum absolute atomic E-state index is 12.4. The average Bonchev–Trinajstić information content (AvgIpc) is 2.85. The predicted octanol–water partition coefficient (Wildman–Crippen LogP) is 2.28. The van der Waals surface area contributed by atoms with Crippen LogP contribution in [0, 0.1) is 5.41 Å². The molecule has 1 aromatic rings. The molecule has 0 bridgehead atoms. The van der Waals surface area contributed by atoms with Crippen molar-refractivity contribution >= 4 is 10.2 Å². The Bertz CT molecular complexity index is 606. The van der Waals surface area contributed by atoms with Gasteiger partial charge in [0.05, 0.1) is 0 Å². The summed E-state index contributed by atoms with van der Waals surface area (Å²) in [6, 6.07) is 10.3. The van der Waals surface area contributed by atoms with Crippen molar-refractivity contribution in [3.05, 3.63) is 35.9 Å². The highest BCUT2D eigenvalue weighted by molar-refractivity contribution is 7.87. The van der Waals surface area contributed by atoms with E-state index in [4.69, 9.17) is 0 Å². The van der Waals surface area contributed by atoms with E-state index in [0.29, 0.717) is 19.6 Å². The molecule has 1 heterocycles. The van der Waals surface area contributed by atoms with Crippen molar-refractivity contribution < 1.29 is 8.42 Å². The van der Waals surface area contributed by atoms with Crippen LogP contribution < -0.4 is 4.72 Å². The Balaban J connectivity index is 1.76. The molecule has 1 atom stereocenters. The van der Waals surface area contributed by atoms with Crippen molar-refractivity contribution in [2.75, 3.05) is 19.6 Å². The summed E-state index contributed by atoms with van der Waals surface area (Å²) in [6.45, 7) is 6.21. The molecule has 0 amide bonds. The van der Waals surface area contributed by atoms with E-state index < -0.39 is 10.2 Å². The number of hydrogen-bond acceptors (Lipinski definition) is 2. The van der Waals surface area contributed by atoms with Gasteiger partial charge in [-0.1, -0.05) is 44.2 Å². The summed E-state index contributed by atoms with van der Waals surface area (Å²) in [4.78, 5) is 0. The zero-order valence-corrected chi connectivity index (χ0v) is 13.6. The van der Waals surface area contributed by atoms with Crippen LogP contribution in [-0.2, 0) is 15.6 Å². The molecule has 21 heavy (non-hydrogen) atoms. The second kappa shape index (κ2) is 5.07. The molecule has 5 heteroatoms. The second-order valence-electron chi connectivity index (χ2n) is 6.94. The van der Waals surface area contributed by atoms with Gasteiger partial charge in [0.15, 0.2) is 0 Å². The molecule has 3 rings (SSSR count). The minimum atomic E-state index is -3.33. The summed E-state index contributed by atoms with van der Waals surface area (Å²) in [6.07, 6.45) is 2.96. The summed E-state index contributed by atoms with van der Waals surface area (Å²) in [5.74, 6) is 0. The largest absolute Gasteiger partial charge is 0.279 e. The third-order valence-electron chi connectivity index (χ3n) is 5.20. The molecule has 0 spiro atoms. The van der Waals surface area contributed by atoms with Crippen LogP contribution in [0.1, 0.15) is 38.7 Å². The van der Waals surface area contributed by atoms with Crippen LogP contribution in [0.25, 0.3) is 0 Å². The fourth-order valence-corrected chi connectivity index (χ4v) is 4.95. The first-order valence-corrected chi connectivity index (χ1v) is 9.12. The summed E-state index contributed by atoms with van der Waals surface area (Å²) in [5.41, 5.74) is 1.31. The van der Waals surface area contributed by atoms with Crippen molar-refractivity contribution in [3.63, 3.8) is 0 Å². The molecule has 1 N–H and O–H groups in total. The first-order chi connectivity index (χ1) is 9.87. The lowest BCUT2D eigenvalue weighted by Crippen LogP contribution is -2.43. The van der Waals surface area contributed by atoms with Crippen LogP contribution in [0.15, 0.2) is 30.3 Å². The molecule has 1 aliphatic heterocycles. The van der Waals surface area contributed by atoms with Crippen LogP contribution in [0.3, 0.4) is 0 Å². The van der Waals surface area contributed by atoms with Gasteiger partial charge in [0.1, 0.15) is 0 Å². The minimum Gasteiger partial charge on any atom is -0.201 e. The van der Waals surface area contributed by atoms with E-state index >= 15 is 0 Å². The van der Waals surface area contributed by atoms with Gasteiger partial charge in [-0.25, -0.2) is 4.72 Å². The average molecular weight is 308 g/mol. The van der Waals surface area contributed by atoms with Gasteiger partial charge in [0.25, 0.3) is 10.2 Å². The lowest BCUT2D eigenvalue weighted by Gasteiger charge is -2.24. The normalized spacial score (nSPS) is 28.7. The first kappa shape index (κ1) is 15.0. The number of nitrogens with one attached hydrogen (secondary N) is 1. The topological polar surface area (TPSA) is 49.4 Å². The molecule has 2 aliphatic rings. The van der Waals surface area contributed by atoms with Crippen molar-refractivity contribution in [1.82, 2.24) is 9.03 Å². The van der Waals surface area contributed by atoms with E-state index in [1.807, 2.05) is 18.2 Å². The van der Waals surface area contributed by atoms with Crippen LogP contribution in [0.2, 0.25) is 0 Å². The smallest absolute Gasteiger partial charge is 0.201 e. The van der Waals surface area contributed by atoms with Crippen molar-refractivity contribution in [3.8, 4) is 0 Å². The Morgan fingerprint density at radius 2 is 1.71 bits per heavy atom. The van der Waals surface area contributed by atoms with Gasteiger partial charge in [-0.15, -0.1) is 0 Å². The van der Waals surface area contributed by atoms with Crippen LogP contribution in [-0.4, -0.2) is 32.4 Å². The molecule has 1 aromatic carbocycles. The Labute approximate surface area is 127 Å². The Kier molecular flexibility index (Phi) is 3.62. The van der Waals surface area contributed by atoms with Crippen LogP contribution >= 0.6 is 0 Å². The molecule has 1 saturated heterocycles. The quantitative estimate of drug-likeness (QED) is 0.907. The molecule has 4 nitrogen and oxygen atoms in total. The second-order valence-corrected chi connectivity index (χ2v) is 8.70. The lowest BCUT2D eigenvalue weighted by molar-refractivity contribution is 0.444. The maximum atomic E-state index is 12.4. The van der Waals surface area contributed by atoms with Gasteiger partial charge in [0, 0.05) is 25.0 Å². The Hall–Kier alpha value is -0.910.